The van der Waals surface area contributed by atoms with Crippen LogP contribution in [-0.4, -0.2) is 27.9 Å². The van der Waals surface area contributed by atoms with E-state index in [-0.39, 0.29) is 27.3 Å². The molecule has 0 aliphatic heterocycles. The third kappa shape index (κ3) is 4.43. The van der Waals surface area contributed by atoms with Crippen LogP contribution in [0.15, 0.2) is 24.4 Å². The first-order chi connectivity index (χ1) is 11.3. The highest BCUT2D eigenvalue weighted by atomic mass is 35.5. The largest absolute Gasteiger partial charge is 0.459 e. The first-order valence-corrected chi connectivity index (χ1v) is 7.84. The minimum absolute atomic E-state index is 0.0291. The van der Waals surface area contributed by atoms with Crippen LogP contribution in [0.1, 0.15) is 40.4 Å². The summed E-state index contributed by atoms with van der Waals surface area (Å²) < 4.78 is 5.14. The van der Waals surface area contributed by atoms with Gasteiger partial charge in [0.2, 0.25) is 0 Å². The Balaban J connectivity index is 2.38. The van der Waals surface area contributed by atoms with Gasteiger partial charge in [-0.05, 0) is 39.0 Å². The van der Waals surface area contributed by atoms with E-state index in [0.29, 0.717) is 11.6 Å². The number of aromatic nitrogens is 2. The van der Waals surface area contributed by atoms with E-state index in [2.05, 4.69) is 15.3 Å². The molecule has 1 aromatic carbocycles. The molecule has 1 aromatic heterocycles. The molecular weight excluding hydrogens is 353 g/mol. The van der Waals surface area contributed by atoms with E-state index in [4.69, 9.17) is 27.9 Å². The minimum Gasteiger partial charge on any atom is -0.459 e. The molecule has 126 valence electrons. The lowest BCUT2D eigenvalue weighted by atomic mass is 10.1. The summed E-state index contributed by atoms with van der Waals surface area (Å²) >= 11 is 11.9. The normalized spacial score (nSPS) is 10.6. The van der Waals surface area contributed by atoms with Gasteiger partial charge in [0.15, 0.2) is 0 Å². The minimum atomic E-state index is -0.660. The van der Waals surface area contributed by atoms with Crippen molar-refractivity contribution in [2.45, 2.75) is 26.9 Å². The second-order valence-corrected chi connectivity index (χ2v) is 6.02. The van der Waals surface area contributed by atoms with Gasteiger partial charge in [0.1, 0.15) is 11.6 Å². The molecule has 0 radical (unpaired) electrons. The molecule has 8 heteroatoms. The van der Waals surface area contributed by atoms with Gasteiger partial charge in [0.05, 0.1) is 27.3 Å². The number of ether oxygens (including phenoxy) is 1. The van der Waals surface area contributed by atoms with Gasteiger partial charge in [0.25, 0.3) is 5.91 Å². The first-order valence-electron chi connectivity index (χ1n) is 7.09. The summed E-state index contributed by atoms with van der Waals surface area (Å²) in [5, 5.41) is 2.90. The molecule has 0 unspecified atom stereocenters. The molecule has 0 aliphatic carbocycles. The number of aryl methyl sites for hydroxylation is 1. The molecule has 6 nitrogen and oxygen atoms in total. The van der Waals surface area contributed by atoms with Crippen molar-refractivity contribution in [3.05, 3.63) is 51.4 Å². The third-order valence-electron chi connectivity index (χ3n) is 2.89. The lowest BCUT2D eigenvalue weighted by Gasteiger charge is -2.13. The van der Waals surface area contributed by atoms with E-state index in [0.717, 1.165) is 0 Å². The zero-order valence-electron chi connectivity index (χ0n) is 13.3. The third-order valence-corrected chi connectivity index (χ3v) is 3.61. The van der Waals surface area contributed by atoms with Crippen molar-refractivity contribution in [3.63, 3.8) is 0 Å². The number of benzene rings is 1. The molecule has 0 aliphatic rings. The maximum Gasteiger partial charge on any atom is 0.339 e. The summed E-state index contributed by atoms with van der Waals surface area (Å²) in [5.41, 5.74) is 0.0766. The maximum atomic E-state index is 12.5. The molecule has 0 saturated carbocycles. The number of anilines is 1. The van der Waals surface area contributed by atoms with Gasteiger partial charge in [0, 0.05) is 6.20 Å². The van der Waals surface area contributed by atoms with Crippen molar-refractivity contribution in [1.29, 1.82) is 0 Å². The van der Waals surface area contributed by atoms with Crippen LogP contribution in [0, 0.1) is 6.92 Å². The number of halogens is 2. The summed E-state index contributed by atoms with van der Waals surface area (Å²) in [6.07, 6.45) is 1.17. The number of esters is 1. The van der Waals surface area contributed by atoms with E-state index < -0.39 is 11.9 Å². The molecule has 2 rings (SSSR count). The van der Waals surface area contributed by atoms with E-state index in [1.54, 1.807) is 20.8 Å². The lowest BCUT2D eigenvalue weighted by Crippen LogP contribution is -2.20. The van der Waals surface area contributed by atoms with Gasteiger partial charge in [-0.3, -0.25) is 4.79 Å². The fraction of sp³-hybridized carbons (Fsp3) is 0.250. The fourth-order valence-corrected chi connectivity index (χ4v) is 2.22. The molecule has 1 heterocycles. The average Bonchev–Trinajstić information content (AvgIpc) is 2.48. The number of rotatable bonds is 4. The highest BCUT2D eigenvalue weighted by molar-refractivity contribution is 6.42. The van der Waals surface area contributed by atoms with Crippen LogP contribution in [-0.2, 0) is 4.74 Å². The summed E-state index contributed by atoms with van der Waals surface area (Å²) in [7, 11) is 0. The quantitative estimate of drug-likeness (QED) is 0.828. The zero-order chi connectivity index (χ0) is 17.9. The predicted molar refractivity (Wildman–Crippen MR) is 91.7 cm³/mol. The monoisotopic (exact) mass is 367 g/mol. The number of carbonyl (C=O) groups is 2. The second-order valence-electron chi connectivity index (χ2n) is 5.21. The fourth-order valence-electron chi connectivity index (χ4n) is 1.89. The smallest absolute Gasteiger partial charge is 0.339 e. The molecule has 0 atom stereocenters. The number of hydrogen-bond acceptors (Lipinski definition) is 5. The van der Waals surface area contributed by atoms with Crippen molar-refractivity contribution < 1.29 is 14.3 Å². The molecule has 0 bridgehead atoms. The van der Waals surface area contributed by atoms with Crippen molar-refractivity contribution in [1.82, 2.24) is 9.97 Å². The Morgan fingerprint density at radius 2 is 1.79 bits per heavy atom. The summed E-state index contributed by atoms with van der Waals surface area (Å²) in [4.78, 5) is 32.8. The highest BCUT2D eigenvalue weighted by Crippen LogP contribution is 2.27. The molecule has 1 amide bonds. The van der Waals surface area contributed by atoms with Crippen LogP contribution in [0.25, 0.3) is 0 Å². The SMILES string of the molecule is Cc1nccc(NC(=O)c2cc(Cl)c(Cl)cc2C(=O)OC(C)C)n1. The van der Waals surface area contributed by atoms with E-state index in [9.17, 15) is 9.59 Å². The Bertz CT molecular complexity index is 794. The van der Waals surface area contributed by atoms with Gasteiger partial charge in [-0.2, -0.15) is 0 Å². The van der Waals surface area contributed by atoms with Crippen LogP contribution < -0.4 is 5.32 Å². The molecule has 0 saturated heterocycles. The topological polar surface area (TPSA) is 81.2 Å². The number of nitrogens with one attached hydrogen (secondary N) is 1. The Labute approximate surface area is 149 Å². The second kappa shape index (κ2) is 7.59. The Morgan fingerprint density at radius 1 is 1.17 bits per heavy atom. The Morgan fingerprint density at radius 3 is 2.38 bits per heavy atom. The van der Waals surface area contributed by atoms with Crippen LogP contribution >= 0.6 is 23.2 Å². The van der Waals surface area contributed by atoms with Gasteiger partial charge < -0.3 is 10.1 Å². The van der Waals surface area contributed by atoms with E-state index in [1.165, 1.54) is 24.4 Å². The maximum absolute atomic E-state index is 12.5. The van der Waals surface area contributed by atoms with Gasteiger partial charge in [-0.15, -0.1) is 0 Å². The predicted octanol–water partition coefficient (Wildman–Crippen LogP) is 3.91. The zero-order valence-corrected chi connectivity index (χ0v) is 14.8. The van der Waals surface area contributed by atoms with Gasteiger partial charge >= 0.3 is 5.97 Å². The van der Waals surface area contributed by atoms with Crippen molar-refractivity contribution in [2.75, 3.05) is 5.32 Å². The van der Waals surface area contributed by atoms with E-state index >= 15 is 0 Å². The number of amides is 1. The van der Waals surface area contributed by atoms with Crippen LogP contribution in [0.5, 0.6) is 0 Å². The summed E-state index contributed by atoms with van der Waals surface area (Å²) in [6, 6.07) is 4.17. The van der Waals surface area contributed by atoms with Gasteiger partial charge in [-0.1, -0.05) is 23.2 Å². The van der Waals surface area contributed by atoms with Crippen LogP contribution in [0.2, 0.25) is 10.0 Å². The van der Waals surface area contributed by atoms with E-state index in [1.807, 2.05) is 0 Å². The molecular formula is C16H15Cl2N3O3. The molecule has 0 fully saturated rings. The average molecular weight is 368 g/mol. The number of nitrogens with zero attached hydrogens (tertiary/aromatic N) is 2. The number of carbonyl (C=O) groups excluding carboxylic acids is 2. The molecule has 1 N–H and O–H groups in total. The van der Waals surface area contributed by atoms with Crippen molar-refractivity contribution in [2.24, 2.45) is 0 Å². The van der Waals surface area contributed by atoms with Crippen LogP contribution in [0.4, 0.5) is 5.82 Å². The molecule has 2 aromatic rings. The highest BCUT2D eigenvalue weighted by Gasteiger charge is 2.22. The van der Waals surface area contributed by atoms with Crippen molar-refractivity contribution in [3.8, 4) is 0 Å². The first kappa shape index (κ1) is 18.2. The standard InChI is InChI=1S/C16H15Cl2N3O3/c1-8(2)24-16(23)11-7-13(18)12(17)6-10(11)15(22)21-14-4-5-19-9(3)20-14/h4-8H,1-3H3,(H,19,20,21,22). The summed E-state index contributed by atoms with van der Waals surface area (Å²) in [6.45, 7) is 5.11. The number of hydrogen-bond donors (Lipinski definition) is 1. The van der Waals surface area contributed by atoms with Gasteiger partial charge in [-0.25, -0.2) is 14.8 Å². The Hall–Kier alpha value is -2.18. The Kier molecular flexibility index (Phi) is 5.75. The molecule has 24 heavy (non-hydrogen) atoms. The van der Waals surface area contributed by atoms with Crippen LogP contribution in [0.3, 0.4) is 0 Å². The summed E-state index contributed by atoms with van der Waals surface area (Å²) in [5.74, 6) is -0.405. The van der Waals surface area contributed by atoms with Crippen molar-refractivity contribution >= 4 is 40.9 Å². The lowest BCUT2D eigenvalue weighted by molar-refractivity contribution is 0.0375. The molecule has 0 spiro atoms.